The van der Waals surface area contributed by atoms with Crippen LogP contribution in [-0.2, 0) is 11.3 Å². The van der Waals surface area contributed by atoms with Gasteiger partial charge in [0.15, 0.2) is 0 Å². The minimum Gasteiger partial charge on any atom is -0.379 e. The zero-order chi connectivity index (χ0) is 19.7. The highest BCUT2D eigenvalue weighted by atomic mass is 16.5. The number of H-pyrrole nitrogens is 2. The number of hydrogen-bond acceptors (Lipinski definition) is 6. The fraction of sp³-hybridized carbons (Fsp3) is 0.500. The van der Waals surface area contributed by atoms with Crippen LogP contribution in [0.2, 0.25) is 0 Å². The molecule has 1 amide bonds. The van der Waals surface area contributed by atoms with Crippen LogP contribution in [0.4, 0.5) is 0 Å². The van der Waals surface area contributed by atoms with Gasteiger partial charge in [-0.05, 0) is 31.0 Å². The first-order chi connectivity index (χ1) is 14.2. The number of ether oxygens (including phenoxy) is 1. The minimum absolute atomic E-state index is 0.0494. The largest absolute Gasteiger partial charge is 0.379 e. The third-order valence-corrected chi connectivity index (χ3v) is 5.99. The van der Waals surface area contributed by atoms with E-state index in [4.69, 9.17) is 4.74 Å². The van der Waals surface area contributed by atoms with E-state index in [0.717, 1.165) is 55.7 Å². The SMILES string of the molecule is O=C(c1ccc2nc[nH]c2c1)N1CCCC2(COCCN(Cc3cn[nH]n3)C2)C1. The number of nitrogens with zero attached hydrogens (tertiary/aromatic N) is 5. The summed E-state index contributed by atoms with van der Waals surface area (Å²) in [5.74, 6) is 0.0767. The molecule has 1 atom stereocenters. The van der Waals surface area contributed by atoms with Crippen molar-refractivity contribution in [1.29, 1.82) is 0 Å². The number of fused-ring (bicyclic) bond motifs is 1. The second kappa shape index (κ2) is 7.57. The van der Waals surface area contributed by atoms with E-state index in [1.165, 1.54) is 0 Å². The standard InChI is InChI=1S/C20H25N7O2/c28-19(15-2-3-17-18(8-15)22-14-21-17)27-5-1-4-20(12-27)11-26(6-7-29-13-20)10-16-9-23-25-24-16/h2-3,8-9,14H,1,4-7,10-13H2,(H,21,22)(H,23,24,25). The van der Waals surface area contributed by atoms with Gasteiger partial charge in [0.25, 0.3) is 5.91 Å². The van der Waals surface area contributed by atoms with Crippen molar-refractivity contribution in [2.24, 2.45) is 5.41 Å². The van der Waals surface area contributed by atoms with Crippen molar-refractivity contribution in [3.05, 3.63) is 42.0 Å². The first-order valence-corrected chi connectivity index (χ1v) is 10.1. The van der Waals surface area contributed by atoms with E-state index in [1.807, 2.05) is 23.1 Å². The Labute approximate surface area is 168 Å². The van der Waals surface area contributed by atoms with E-state index < -0.39 is 0 Å². The average molecular weight is 395 g/mol. The predicted molar refractivity (Wildman–Crippen MR) is 106 cm³/mol. The van der Waals surface area contributed by atoms with Gasteiger partial charge in [-0.25, -0.2) is 4.98 Å². The molecular weight excluding hydrogens is 370 g/mol. The highest BCUT2D eigenvalue weighted by Gasteiger charge is 2.40. The summed E-state index contributed by atoms with van der Waals surface area (Å²) in [6, 6.07) is 5.66. The molecule has 9 heteroatoms. The van der Waals surface area contributed by atoms with Gasteiger partial charge < -0.3 is 14.6 Å². The van der Waals surface area contributed by atoms with Gasteiger partial charge >= 0.3 is 0 Å². The number of hydrogen-bond donors (Lipinski definition) is 2. The number of likely N-dealkylation sites (tertiary alicyclic amines) is 1. The van der Waals surface area contributed by atoms with Crippen LogP contribution in [0.5, 0.6) is 0 Å². The molecule has 2 N–H and O–H groups in total. The maximum atomic E-state index is 13.2. The zero-order valence-corrected chi connectivity index (χ0v) is 16.3. The van der Waals surface area contributed by atoms with E-state index in [2.05, 4.69) is 30.3 Å². The molecule has 3 aromatic rings. The fourth-order valence-electron chi connectivity index (χ4n) is 4.63. The number of imidazole rings is 1. The van der Waals surface area contributed by atoms with Crippen LogP contribution in [0.3, 0.4) is 0 Å². The molecule has 0 radical (unpaired) electrons. The first-order valence-electron chi connectivity index (χ1n) is 10.1. The summed E-state index contributed by atoms with van der Waals surface area (Å²) in [6.45, 7) is 5.37. The molecule has 2 aromatic heterocycles. The molecular formula is C20H25N7O2. The number of carbonyl (C=O) groups excluding carboxylic acids is 1. The first kappa shape index (κ1) is 18.3. The van der Waals surface area contributed by atoms with Gasteiger partial charge in [0.05, 0.1) is 42.5 Å². The Hall–Kier alpha value is -2.78. The Kier molecular flexibility index (Phi) is 4.76. The smallest absolute Gasteiger partial charge is 0.253 e. The summed E-state index contributed by atoms with van der Waals surface area (Å²) in [7, 11) is 0. The molecule has 1 spiro atoms. The number of aromatic nitrogens is 5. The molecule has 5 rings (SSSR count). The summed E-state index contributed by atoms with van der Waals surface area (Å²) >= 11 is 0. The molecule has 1 unspecified atom stereocenters. The van der Waals surface area contributed by atoms with Gasteiger partial charge in [0.1, 0.15) is 0 Å². The minimum atomic E-state index is -0.0494. The molecule has 1 aromatic carbocycles. The number of benzene rings is 1. The van der Waals surface area contributed by atoms with E-state index in [0.29, 0.717) is 25.3 Å². The van der Waals surface area contributed by atoms with E-state index >= 15 is 0 Å². The van der Waals surface area contributed by atoms with Crippen LogP contribution in [0.25, 0.3) is 11.0 Å². The van der Waals surface area contributed by atoms with Crippen LogP contribution in [0, 0.1) is 5.41 Å². The van der Waals surface area contributed by atoms with Crippen LogP contribution >= 0.6 is 0 Å². The van der Waals surface area contributed by atoms with Crippen molar-refractivity contribution in [3.63, 3.8) is 0 Å². The van der Waals surface area contributed by atoms with Crippen molar-refractivity contribution < 1.29 is 9.53 Å². The number of rotatable bonds is 3. The fourth-order valence-corrected chi connectivity index (χ4v) is 4.63. The number of carbonyl (C=O) groups is 1. The predicted octanol–water partition coefficient (Wildman–Crippen LogP) is 1.44. The Morgan fingerprint density at radius 3 is 3.14 bits per heavy atom. The molecule has 2 aliphatic rings. The molecule has 29 heavy (non-hydrogen) atoms. The lowest BCUT2D eigenvalue weighted by molar-refractivity contribution is 0.00690. The third kappa shape index (κ3) is 3.75. The molecule has 0 bridgehead atoms. The van der Waals surface area contributed by atoms with Gasteiger partial charge in [0.2, 0.25) is 0 Å². The molecule has 2 saturated heterocycles. The third-order valence-electron chi connectivity index (χ3n) is 5.99. The molecule has 0 saturated carbocycles. The van der Waals surface area contributed by atoms with E-state index in [9.17, 15) is 4.79 Å². The molecule has 0 aliphatic carbocycles. The van der Waals surface area contributed by atoms with Gasteiger partial charge in [-0.15, -0.1) is 0 Å². The average Bonchev–Trinajstić information content (AvgIpc) is 3.38. The Bertz CT molecular complexity index is 986. The highest BCUT2D eigenvalue weighted by molar-refractivity contribution is 5.97. The lowest BCUT2D eigenvalue weighted by Gasteiger charge is -2.43. The molecule has 2 aliphatic heterocycles. The number of amides is 1. The van der Waals surface area contributed by atoms with Crippen LogP contribution < -0.4 is 0 Å². The summed E-state index contributed by atoms with van der Waals surface area (Å²) in [5.41, 5.74) is 3.34. The van der Waals surface area contributed by atoms with Crippen molar-refractivity contribution in [2.75, 3.05) is 39.4 Å². The monoisotopic (exact) mass is 395 g/mol. The highest BCUT2D eigenvalue weighted by Crippen LogP contribution is 2.34. The quantitative estimate of drug-likeness (QED) is 0.696. The lowest BCUT2D eigenvalue weighted by atomic mass is 9.80. The van der Waals surface area contributed by atoms with Crippen LogP contribution in [0.15, 0.2) is 30.7 Å². The van der Waals surface area contributed by atoms with Crippen molar-refractivity contribution in [3.8, 4) is 0 Å². The molecule has 152 valence electrons. The van der Waals surface area contributed by atoms with Crippen molar-refractivity contribution in [1.82, 2.24) is 35.2 Å². The topological polar surface area (TPSA) is 103 Å². The molecule has 2 fully saturated rings. The molecule has 9 nitrogen and oxygen atoms in total. The summed E-state index contributed by atoms with van der Waals surface area (Å²) in [5, 5.41) is 10.8. The summed E-state index contributed by atoms with van der Waals surface area (Å²) < 4.78 is 5.98. The Morgan fingerprint density at radius 1 is 1.28 bits per heavy atom. The summed E-state index contributed by atoms with van der Waals surface area (Å²) in [4.78, 5) is 24.9. The van der Waals surface area contributed by atoms with Crippen molar-refractivity contribution >= 4 is 16.9 Å². The Morgan fingerprint density at radius 2 is 2.24 bits per heavy atom. The lowest BCUT2D eigenvalue weighted by Crippen LogP contribution is -2.52. The maximum absolute atomic E-state index is 13.2. The normalized spacial score (nSPS) is 23.5. The summed E-state index contributed by atoms with van der Waals surface area (Å²) in [6.07, 6.45) is 5.47. The van der Waals surface area contributed by atoms with E-state index in [1.54, 1.807) is 12.5 Å². The van der Waals surface area contributed by atoms with Crippen LogP contribution in [-0.4, -0.2) is 80.5 Å². The van der Waals surface area contributed by atoms with E-state index in [-0.39, 0.29) is 11.3 Å². The maximum Gasteiger partial charge on any atom is 0.253 e. The van der Waals surface area contributed by atoms with Gasteiger partial charge in [0, 0.05) is 43.7 Å². The van der Waals surface area contributed by atoms with Gasteiger partial charge in [-0.1, -0.05) is 0 Å². The number of piperidine rings is 1. The Balaban J connectivity index is 1.33. The van der Waals surface area contributed by atoms with Gasteiger partial charge in [-0.3, -0.25) is 9.69 Å². The number of aromatic amines is 2. The van der Waals surface area contributed by atoms with Gasteiger partial charge in [-0.2, -0.15) is 15.4 Å². The van der Waals surface area contributed by atoms with Crippen LogP contribution in [0.1, 0.15) is 28.9 Å². The molecule has 4 heterocycles. The number of nitrogens with one attached hydrogen (secondary N) is 2. The second-order valence-corrected chi connectivity index (χ2v) is 8.19. The zero-order valence-electron chi connectivity index (χ0n) is 16.3. The van der Waals surface area contributed by atoms with Crippen molar-refractivity contribution in [2.45, 2.75) is 19.4 Å². The second-order valence-electron chi connectivity index (χ2n) is 8.19.